The average molecular weight is 392 g/mol. The minimum atomic E-state index is -0.451. The number of Topliss-reactive ketones (excluding diaryl/α,β-unsaturated/α-hetero) is 1. The van der Waals surface area contributed by atoms with Crippen molar-refractivity contribution in [3.63, 3.8) is 0 Å². The summed E-state index contributed by atoms with van der Waals surface area (Å²) in [5, 5.41) is 3.28. The lowest BCUT2D eigenvalue weighted by Gasteiger charge is -2.09. The Bertz CT molecular complexity index is 994. The average Bonchev–Trinajstić information content (AvgIpc) is 2.93. The van der Waals surface area contributed by atoms with Crippen molar-refractivity contribution in [2.75, 3.05) is 12.4 Å². The summed E-state index contributed by atoms with van der Waals surface area (Å²) in [5.41, 5.74) is 1.81. The van der Waals surface area contributed by atoms with E-state index in [4.69, 9.17) is 27.9 Å². The first kappa shape index (κ1) is 18.2. The molecule has 26 heavy (non-hydrogen) atoms. The Balaban J connectivity index is 2.05. The minimum absolute atomic E-state index is 0.0418. The number of nitrogens with one attached hydrogen (secondary N) is 1. The highest BCUT2D eigenvalue weighted by Crippen LogP contribution is 2.30. The standard InChI is InChI=1S/C18H15Cl2N3O3/c1-10(24)9-23-14-8-4-7-13(16(14)22-18(23)26-2)21-17(25)15-11(19)5-3-6-12(15)20/h3-8H,9H2,1-2H3,(H,21,25). The molecule has 0 aliphatic carbocycles. The predicted molar refractivity (Wildman–Crippen MR) is 101 cm³/mol. The molecule has 0 atom stereocenters. The lowest BCUT2D eigenvalue weighted by molar-refractivity contribution is -0.117. The van der Waals surface area contributed by atoms with Gasteiger partial charge in [-0.05, 0) is 31.2 Å². The fourth-order valence-electron chi connectivity index (χ4n) is 2.66. The van der Waals surface area contributed by atoms with Gasteiger partial charge in [-0.3, -0.25) is 14.2 Å². The molecule has 0 aliphatic heterocycles. The van der Waals surface area contributed by atoms with Crippen LogP contribution in [0.1, 0.15) is 17.3 Å². The second-order valence-electron chi connectivity index (χ2n) is 5.61. The second kappa shape index (κ2) is 7.35. The van der Waals surface area contributed by atoms with Crippen molar-refractivity contribution < 1.29 is 14.3 Å². The summed E-state index contributed by atoms with van der Waals surface area (Å²) in [4.78, 5) is 28.6. The van der Waals surface area contributed by atoms with Crippen molar-refractivity contribution in [1.82, 2.24) is 9.55 Å². The van der Waals surface area contributed by atoms with Crippen LogP contribution in [0, 0.1) is 0 Å². The van der Waals surface area contributed by atoms with Crippen LogP contribution in [-0.2, 0) is 11.3 Å². The summed E-state index contributed by atoms with van der Waals surface area (Å²) >= 11 is 12.2. The number of aromatic nitrogens is 2. The van der Waals surface area contributed by atoms with Crippen LogP contribution < -0.4 is 10.1 Å². The van der Waals surface area contributed by atoms with Gasteiger partial charge in [-0.25, -0.2) is 0 Å². The Morgan fingerprint density at radius 3 is 2.42 bits per heavy atom. The molecule has 0 saturated carbocycles. The van der Waals surface area contributed by atoms with Gasteiger partial charge in [-0.2, -0.15) is 4.98 Å². The number of fused-ring (bicyclic) bond motifs is 1. The molecule has 0 spiro atoms. The molecule has 6 nitrogen and oxygen atoms in total. The summed E-state index contributed by atoms with van der Waals surface area (Å²) in [6, 6.07) is 10.4. The van der Waals surface area contributed by atoms with E-state index in [9.17, 15) is 9.59 Å². The number of benzene rings is 2. The van der Waals surface area contributed by atoms with Gasteiger partial charge in [0.1, 0.15) is 11.3 Å². The van der Waals surface area contributed by atoms with E-state index >= 15 is 0 Å². The van der Waals surface area contributed by atoms with Gasteiger partial charge in [0.05, 0.1) is 40.5 Å². The van der Waals surface area contributed by atoms with Crippen molar-refractivity contribution in [1.29, 1.82) is 0 Å². The van der Waals surface area contributed by atoms with Gasteiger partial charge in [0.15, 0.2) is 0 Å². The van der Waals surface area contributed by atoms with Crippen LogP contribution in [-0.4, -0.2) is 28.4 Å². The van der Waals surface area contributed by atoms with Crippen molar-refractivity contribution in [2.45, 2.75) is 13.5 Å². The number of carbonyl (C=O) groups is 2. The number of ether oxygens (including phenoxy) is 1. The fraction of sp³-hybridized carbons (Fsp3) is 0.167. The Morgan fingerprint density at radius 2 is 1.81 bits per heavy atom. The maximum Gasteiger partial charge on any atom is 0.297 e. The molecule has 0 unspecified atom stereocenters. The Morgan fingerprint density at radius 1 is 1.15 bits per heavy atom. The normalized spacial score (nSPS) is 10.8. The monoisotopic (exact) mass is 391 g/mol. The van der Waals surface area contributed by atoms with Crippen molar-refractivity contribution in [2.24, 2.45) is 0 Å². The largest absolute Gasteiger partial charge is 0.468 e. The molecule has 2 aromatic carbocycles. The first-order valence-electron chi connectivity index (χ1n) is 7.70. The SMILES string of the molecule is COc1nc2c(NC(=O)c3c(Cl)cccc3Cl)cccc2n1CC(C)=O. The van der Waals surface area contributed by atoms with Gasteiger partial charge in [0.25, 0.3) is 11.9 Å². The van der Waals surface area contributed by atoms with E-state index in [-0.39, 0.29) is 33.9 Å². The number of rotatable bonds is 5. The van der Waals surface area contributed by atoms with E-state index in [1.807, 2.05) is 0 Å². The van der Waals surface area contributed by atoms with Crippen LogP contribution >= 0.6 is 23.2 Å². The number of methoxy groups -OCH3 is 1. The first-order chi connectivity index (χ1) is 12.4. The molecule has 0 saturated heterocycles. The first-order valence-corrected chi connectivity index (χ1v) is 8.46. The number of amides is 1. The molecule has 1 amide bonds. The molecule has 134 valence electrons. The molecule has 1 aromatic heterocycles. The maximum atomic E-state index is 12.6. The lowest BCUT2D eigenvalue weighted by Crippen LogP contribution is -2.13. The third kappa shape index (κ3) is 3.38. The number of hydrogen-bond donors (Lipinski definition) is 1. The van der Waals surface area contributed by atoms with Crippen LogP contribution in [0.3, 0.4) is 0 Å². The molecule has 1 N–H and O–H groups in total. The van der Waals surface area contributed by atoms with Gasteiger partial charge < -0.3 is 10.1 Å². The predicted octanol–water partition coefficient (Wildman–Crippen LogP) is 4.19. The van der Waals surface area contributed by atoms with Crippen LogP contribution in [0.2, 0.25) is 10.0 Å². The molecule has 0 fully saturated rings. The van der Waals surface area contributed by atoms with Gasteiger partial charge in [-0.1, -0.05) is 35.3 Å². The third-order valence-electron chi connectivity index (χ3n) is 3.75. The minimum Gasteiger partial charge on any atom is -0.468 e. The number of halogens is 2. The lowest BCUT2D eigenvalue weighted by atomic mass is 10.2. The van der Waals surface area contributed by atoms with Crippen molar-refractivity contribution in [3.05, 3.63) is 52.0 Å². The number of nitrogens with zero attached hydrogens (tertiary/aromatic N) is 2. The summed E-state index contributed by atoms with van der Waals surface area (Å²) in [6.45, 7) is 1.60. The molecular formula is C18H15Cl2N3O3. The highest BCUT2D eigenvalue weighted by Gasteiger charge is 2.19. The molecule has 0 bridgehead atoms. The van der Waals surface area contributed by atoms with E-state index in [0.29, 0.717) is 16.7 Å². The summed E-state index contributed by atoms with van der Waals surface area (Å²) < 4.78 is 6.91. The van der Waals surface area contributed by atoms with Crippen LogP contribution in [0.15, 0.2) is 36.4 Å². The molecule has 8 heteroatoms. The van der Waals surface area contributed by atoms with Crippen LogP contribution in [0.25, 0.3) is 11.0 Å². The molecule has 0 radical (unpaired) electrons. The van der Waals surface area contributed by atoms with Crippen LogP contribution in [0.5, 0.6) is 6.01 Å². The fourth-order valence-corrected chi connectivity index (χ4v) is 3.23. The van der Waals surface area contributed by atoms with Gasteiger partial charge in [-0.15, -0.1) is 0 Å². The molecular weight excluding hydrogens is 377 g/mol. The Kier molecular flexibility index (Phi) is 5.15. The number of para-hydroxylation sites is 1. The van der Waals surface area contributed by atoms with Gasteiger partial charge in [0.2, 0.25) is 0 Å². The zero-order chi connectivity index (χ0) is 18.8. The Hall–Kier alpha value is -2.57. The van der Waals surface area contributed by atoms with Crippen LogP contribution in [0.4, 0.5) is 5.69 Å². The number of imidazole rings is 1. The van der Waals surface area contributed by atoms with Crippen molar-refractivity contribution >= 4 is 51.6 Å². The number of anilines is 1. The highest BCUT2D eigenvalue weighted by molar-refractivity contribution is 6.40. The third-order valence-corrected chi connectivity index (χ3v) is 4.38. The number of ketones is 1. The Labute approximate surface area is 159 Å². The van der Waals surface area contributed by atoms with E-state index < -0.39 is 5.91 Å². The molecule has 1 heterocycles. The molecule has 3 rings (SSSR count). The zero-order valence-corrected chi connectivity index (χ0v) is 15.6. The smallest absolute Gasteiger partial charge is 0.297 e. The quantitative estimate of drug-likeness (QED) is 0.707. The summed E-state index contributed by atoms with van der Waals surface area (Å²) in [5.74, 6) is -0.493. The molecule has 0 aliphatic rings. The van der Waals surface area contributed by atoms with Crippen molar-refractivity contribution in [3.8, 4) is 6.01 Å². The van der Waals surface area contributed by atoms with E-state index in [0.717, 1.165) is 0 Å². The van der Waals surface area contributed by atoms with Gasteiger partial charge >= 0.3 is 0 Å². The maximum absolute atomic E-state index is 12.6. The highest BCUT2D eigenvalue weighted by atomic mass is 35.5. The second-order valence-corrected chi connectivity index (χ2v) is 6.43. The molecule has 3 aromatic rings. The number of carbonyl (C=O) groups excluding carboxylic acids is 2. The summed E-state index contributed by atoms with van der Waals surface area (Å²) in [7, 11) is 1.47. The summed E-state index contributed by atoms with van der Waals surface area (Å²) in [6.07, 6.45) is 0. The van der Waals surface area contributed by atoms with Gasteiger partial charge in [0, 0.05) is 0 Å². The van der Waals surface area contributed by atoms with E-state index in [2.05, 4.69) is 10.3 Å². The number of hydrogen-bond acceptors (Lipinski definition) is 4. The van der Waals surface area contributed by atoms with E-state index in [1.165, 1.54) is 14.0 Å². The zero-order valence-electron chi connectivity index (χ0n) is 14.0. The topological polar surface area (TPSA) is 73.2 Å². The van der Waals surface area contributed by atoms with E-state index in [1.54, 1.807) is 41.0 Å².